The SMILES string of the molecule is CCCNCc1ccc(OC(CC)CC)c(F)c1. The van der Waals surface area contributed by atoms with Gasteiger partial charge in [-0.25, -0.2) is 4.39 Å². The van der Waals surface area contributed by atoms with Crippen LogP contribution in [0.15, 0.2) is 18.2 Å². The van der Waals surface area contributed by atoms with Crippen LogP contribution in [0.4, 0.5) is 4.39 Å². The van der Waals surface area contributed by atoms with E-state index in [9.17, 15) is 4.39 Å². The molecule has 0 aliphatic heterocycles. The topological polar surface area (TPSA) is 21.3 Å². The van der Waals surface area contributed by atoms with Crippen LogP contribution in [0, 0.1) is 5.82 Å². The van der Waals surface area contributed by atoms with Crippen molar-refractivity contribution in [1.29, 1.82) is 0 Å². The van der Waals surface area contributed by atoms with E-state index >= 15 is 0 Å². The zero-order valence-corrected chi connectivity index (χ0v) is 11.6. The van der Waals surface area contributed by atoms with Crippen molar-refractivity contribution < 1.29 is 9.13 Å². The lowest BCUT2D eigenvalue weighted by atomic mass is 10.2. The number of hydrogen-bond acceptors (Lipinski definition) is 2. The van der Waals surface area contributed by atoms with Gasteiger partial charge in [-0.3, -0.25) is 0 Å². The first-order valence-electron chi connectivity index (χ1n) is 6.87. The molecule has 0 aliphatic carbocycles. The van der Waals surface area contributed by atoms with Gasteiger partial charge in [0.15, 0.2) is 11.6 Å². The minimum Gasteiger partial charge on any atom is -0.487 e. The highest BCUT2D eigenvalue weighted by Gasteiger charge is 2.10. The van der Waals surface area contributed by atoms with Crippen LogP contribution in [-0.2, 0) is 6.54 Å². The number of hydrogen-bond donors (Lipinski definition) is 1. The van der Waals surface area contributed by atoms with E-state index in [0.29, 0.717) is 12.3 Å². The molecule has 1 aromatic carbocycles. The predicted molar refractivity (Wildman–Crippen MR) is 73.4 cm³/mol. The van der Waals surface area contributed by atoms with Crippen molar-refractivity contribution in [2.75, 3.05) is 6.54 Å². The Kier molecular flexibility index (Phi) is 6.73. The first kappa shape index (κ1) is 15.0. The molecule has 1 rings (SSSR count). The Balaban J connectivity index is 2.61. The van der Waals surface area contributed by atoms with Crippen LogP contribution < -0.4 is 10.1 Å². The van der Waals surface area contributed by atoms with Gasteiger partial charge in [-0.2, -0.15) is 0 Å². The van der Waals surface area contributed by atoms with Crippen molar-refractivity contribution in [2.45, 2.75) is 52.7 Å². The number of ether oxygens (including phenoxy) is 1. The number of nitrogens with one attached hydrogen (secondary N) is 1. The van der Waals surface area contributed by atoms with E-state index in [1.807, 2.05) is 6.07 Å². The molecule has 0 spiro atoms. The Hall–Kier alpha value is -1.09. The van der Waals surface area contributed by atoms with E-state index < -0.39 is 0 Å². The molecule has 2 nitrogen and oxygen atoms in total. The van der Waals surface area contributed by atoms with Crippen molar-refractivity contribution in [3.63, 3.8) is 0 Å². The van der Waals surface area contributed by atoms with Gasteiger partial charge >= 0.3 is 0 Å². The minimum atomic E-state index is -0.266. The molecule has 0 unspecified atom stereocenters. The summed E-state index contributed by atoms with van der Waals surface area (Å²) < 4.78 is 19.5. The molecule has 0 saturated carbocycles. The van der Waals surface area contributed by atoms with Crippen LogP contribution >= 0.6 is 0 Å². The predicted octanol–water partition coefficient (Wildman–Crippen LogP) is 3.89. The van der Waals surface area contributed by atoms with Gasteiger partial charge in [-0.05, 0) is 43.5 Å². The third-order valence-corrected chi connectivity index (χ3v) is 2.96. The zero-order valence-electron chi connectivity index (χ0n) is 11.6. The second kappa shape index (κ2) is 8.09. The fraction of sp³-hybridized carbons (Fsp3) is 0.600. The van der Waals surface area contributed by atoms with Crippen LogP contribution in [-0.4, -0.2) is 12.6 Å². The van der Waals surface area contributed by atoms with Gasteiger partial charge in [0.2, 0.25) is 0 Å². The minimum absolute atomic E-state index is 0.101. The summed E-state index contributed by atoms with van der Waals surface area (Å²) in [5, 5.41) is 3.25. The van der Waals surface area contributed by atoms with Gasteiger partial charge in [-0.15, -0.1) is 0 Å². The summed E-state index contributed by atoms with van der Waals surface area (Å²) in [7, 11) is 0. The molecule has 0 heterocycles. The molecule has 1 aromatic rings. The Morgan fingerprint density at radius 2 is 1.94 bits per heavy atom. The molecule has 18 heavy (non-hydrogen) atoms. The smallest absolute Gasteiger partial charge is 0.165 e. The van der Waals surface area contributed by atoms with Crippen LogP contribution in [0.1, 0.15) is 45.6 Å². The lowest BCUT2D eigenvalue weighted by Crippen LogP contribution is -2.16. The molecule has 102 valence electrons. The molecule has 0 atom stereocenters. The third-order valence-electron chi connectivity index (χ3n) is 2.96. The van der Waals surface area contributed by atoms with Crippen molar-refractivity contribution >= 4 is 0 Å². The highest BCUT2D eigenvalue weighted by molar-refractivity contribution is 5.29. The number of rotatable bonds is 8. The van der Waals surface area contributed by atoms with E-state index in [2.05, 4.69) is 26.1 Å². The Morgan fingerprint density at radius 1 is 1.22 bits per heavy atom. The van der Waals surface area contributed by atoms with Crippen LogP contribution in [0.3, 0.4) is 0 Å². The van der Waals surface area contributed by atoms with Crippen LogP contribution in [0.5, 0.6) is 5.75 Å². The molecule has 0 saturated heterocycles. The monoisotopic (exact) mass is 253 g/mol. The molecular weight excluding hydrogens is 229 g/mol. The number of benzene rings is 1. The first-order chi connectivity index (χ1) is 8.71. The summed E-state index contributed by atoms with van der Waals surface area (Å²) in [5.41, 5.74) is 0.956. The van der Waals surface area contributed by atoms with Crippen LogP contribution in [0.25, 0.3) is 0 Å². The highest BCUT2D eigenvalue weighted by Crippen LogP contribution is 2.21. The van der Waals surface area contributed by atoms with Crippen molar-refractivity contribution in [2.24, 2.45) is 0 Å². The summed E-state index contributed by atoms with van der Waals surface area (Å²) in [6.45, 7) is 7.87. The summed E-state index contributed by atoms with van der Waals surface area (Å²) >= 11 is 0. The fourth-order valence-corrected chi connectivity index (χ4v) is 1.79. The van der Waals surface area contributed by atoms with Crippen molar-refractivity contribution in [1.82, 2.24) is 5.32 Å². The third kappa shape index (κ3) is 4.65. The maximum Gasteiger partial charge on any atom is 0.165 e. The molecular formula is C15H24FNO. The standard InChI is InChI=1S/C15H24FNO/c1-4-9-17-11-12-7-8-15(14(16)10-12)18-13(5-2)6-3/h7-8,10,13,17H,4-6,9,11H2,1-3H3. The fourth-order valence-electron chi connectivity index (χ4n) is 1.79. The molecule has 0 bridgehead atoms. The molecule has 0 aliphatic rings. The van der Waals surface area contributed by atoms with E-state index in [4.69, 9.17) is 4.74 Å². The molecule has 3 heteroatoms. The molecule has 1 N–H and O–H groups in total. The largest absolute Gasteiger partial charge is 0.487 e. The summed E-state index contributed by atoms with van der Waals surface area (Å²) in [5.74, 6) is 0.0978. The molecule has 0 radical (unpaired) electrons. The van der Waals surface area contributed by atoms with Gasteiger partial charge < -0.3 is 10.1 Å². The Morgan fingerprint density at radius 3 is 2.50 bits per heavy atom. The van der Waals surface area contributed by atoms with E-state index in [1.165, 1.54) is 0 Å². The van der Waals surface area contributed by atoms with E-state index in [-0.39, 0.29) is 11.9 Å². The van der Waals surface area contributed by atoms with Gasteiger partial charge in [0, 0.05) is 6.54 Å². The van der Waals surface area contributed by atoms with E-state index in [0.717, 1.165) is 31.4 Å². The maximum atomic E-state index is 13.8. The first-order valence-corrected chi connectivity index (χ1v) is 6.87. The maximum absolute atomic E-state index is 13.8. The Bertz CT molecular complexity index is 350. The van der Waals surface area contributed by atoms with Crippen molar-refractivity contribution in [3.05, 3.63) is 29.6 Å². The molecule has 0 amide bonds. The van der Waals surface area contributed by atoms with E-state index in [1.54, 1.807) is 12.1 Å². The van der Waals surface area contributed by atoms with Gasteiger partial charge in [0.25, 0.3) is 0 Å². The average molecular weight is 253 g/mol. The second-order valence-corrected chi connectivity index (χ2v) is 4.50. The van der Waals surface area contributed by atoms with Crippen LogP contribution in [0.2, 0.25) is 0 Å². The summed E-state index contributed by atoms with van der Waals surface area (Å²) in [4.78, 5) is 0. The van der Waals surface area contributed by atoms with Gasteiger partial charge in [0.05, 0.1) is 6.10 Å². The zero-order chi connectivity index (χ0) is 13.4. The normalized spacial score (nSPS) is 10.9. The molecule has 0 fully saturated rings. The summed E-state index contributed by atoms with van der Waals surface area (Å²) in [6, 6.07) is 5.21. The average Bonchev–Trinajstić information content (AvgIpc) is 2.38. The summed E-state index contributed by atoms with van der Waals surface area (Å²) in [6.07, 6.45) is 2.98. The van der Waals surface area contributed by atoms with Gasteiger partial charge in [0.1, 0.15) is 0 Å². The second-order valence-electron chi connectivity index (χ2n) is 4.50. The lowest BCUT2D eigenvalue weighted by Gasteiger charge is -2.16. The quantitative estimate of drug-likeness (QED) is 0.710. The van der Waals surface area contributed by atoms with Crippen molar-refractivity contribution in [3.8, 4) is 5.75 Å². The van der Waals surface area contributed by atoms with Gasteiger partial charge in [-0.1, -0.05) is 26.8 Å². The number of halogens is 1. The Labute approximate surface area is 110 Å². The molecule has 0 aromatic heterocycles. The highest BCUT2D eigenvalue weighted by atomic mass is 19.1. The lowest BCUT2D eigenvalue weighted by molar-refractivity contribution is 0.184.